The molecule has 2 aromatic rings. The summed E-state index contributed by atoms with van der Waals surface area (Å²) in [5.41, 5.74) is 2.04. The van der Waals surface area contributed by atoms with Crippen LogP contribution in [0.15, 0.2) is 10.9 Å². The highest BCUT2D eigenvalue weighted by Gasteiger charge is 2.29. The molecule has 1 aliphatic heterocycles. The van der Waals surface area contributed by atoms with Crippen molar-refractivity contribution in [3.05, 3.63) is 28.2 Å². The van der Waals surface area contributed by atoms with Crippen LogP contribution < -0.4 is 5.32 Å². The zero-order valence-corrected chi connectivity index (χ0v) is 20.8. The summed E-state index contributed by atoms with van der Waals surface area (Å²) in [7, 11) is 1.64. The van der Waals surface area contributed by atoms with Crippen LogP contribution in [0.25, 0.3) is 0 Å². The van der Waals surface area contributed by atoms with Crippen LogP contribution in [0.4, 0.5) is 0 Å². The highest BCUT2D eigenvalue weighted by Crippen LogP contribution is 2.21. The van der Waals surface area contributed by atoms with Crippen LogP contribution in [0, 0.1) is 12.8 Å². The lowest BCUT2D eigenvalue weighted by Gasteiger charge is -2.29. The zero-order chi connectivity index (χ0) is 24.1. The predicted molar refractivity (Wildman–Crippen MR) is 125 cm³/mol. The van der Waals surface area contributed by atoms with E-state index in [1.165, 1.54) is 16.2 Å². The molecule has 0 aliphatic carbocycles. The molecule has 3 heterocycles. The number of nitrogens with zero attached hydrogens (tertiary/aromatic N) is 6. The molecule has 0 bridgehead atoms. The second-order valence-electron chi connectivity index (χ2n) is 8.88. The van der Waals surface area contributed by atoms with E-state index in [9.17, 15) is 14.4 Å². The lowest BCUT2D eigenvalue weighted by atomic mass is 10.0. The van der Waals surface area contributed by atoms with E-state index in [-0.39, 0.29) is 30.2 Å². The van der Waals surface area contributed by atoms with Crippen molar-refractivity contribution < 1.29 is 14.4 Å². The minimum Gasteiger partial charge on any atom is -0.344 e. The van der Waals surface area contributed by atoms with Crippen LogP contribution in [-0.4, -0.2) is 73.4 Å². The van der Waals surface area contributed by atoms with E-state index in [0.29, 0.717) is 55.7 Å². The number of amides is 3. The molecular formula is C22H33N7O3S. The fourth-order valence-corrected chi connectivity index (χ4v) is 4.41. The Kier molecular flexibility index (Phi) is 8.17. The summed E-state index contributed by atoms with van der Waals surface area (Å²) in [5.74, 6) is 1.06. The quantitative estimate of drug-likeness (QED) is 0.727. The van der Waals surface area contributed by atoms with Crippen LogP contribution in [0.2, 0.25) is 0 Å². The van der Waals surface area contributed by atoms with Gasteiger partial charge in [0.25, 0.3) is 5.91 Å². The van der Waals surface area contributed by atoms with Gasteiger partial charge in [-0.3, -0.25) is 14.4 Å². The lowest BCUT2D eigenvalue weighted by Crippen LogP contribution is -2.47. The van der Waals surface area contributed by atoms with Crippen molar-refractivity contribution in [2.24, 2.45) is 5.92 Å². The minimum absolute atomic E-state index is 0.129. The number of nitrogens with one attached hydrogen (secondary N) is 1. The molecule has 180 valence electrons. The number of hydrogen-bond acceptors (Lipinski definition) is 7. The van der Waals surface area contributed by atoms with Gasteiger partial charge in [-0.25, -0.2) is 14.6 Å². The van der Waals surface area contributed by atoms with E-state index in [1.807, 2.05) is 6.92 Å². The fraction of sp³-hybridized carbons (Fsp3) is 0.636. The summed E-state index contributed by atoms with van der Waals surface area (Å²) >= 11 is 1.37. The van der Waals surface area contributed by atoms with Crippen LogP contribution in [0.3, 0.4) is 0 Å². The molecule has 0 radical (unpaired) electrons. The monoisotopic (exact) mass is 475 g/mol. The number of hydrogen-bond donors (Lipinski definition) is 1. The van der Waals surface area contributed by atoms with Gasteiger partial charge in [-0.15, -0.1) is 11.3 Å². The van der Waals surface area contributed by atoms with Gasteiger partial charge in [0.1, 0.15) is 23.4 Å². The molecule has 2 aromatic heterocycles. The lowest BCUT2D eigenvalue weighted by molar-refractivity contribution is -0.138. The molecular weight excluding hydrogens is 442 g/mol. The van der Waals surface area contributed by atoms with Crippen molar-refractivity contribution in [2.45, 2.75) is 65.6 Å². The Hall–Kier alpha value is -2.82. The van der Waals surface area contributed by atoms with E-state index in [4.69, 9.17) is 0 Å². The van der Waals surface area contributed by atoms with E-state index in [1.54, 1.807) is 34.4 Å². The normalized spacial score (nSPS) is 21.0. The molecule has 11 heteroatoms. The number of thiazole rings is 1. The number of fused-ring (bicyclic) bond motifs is 1. The molecule has 1 aliphatic rings. The first-order chi connectivity index (χ1) is 15.7. The van der Waals surface area contributed by atoms with Gasteiger partial charge < -0.3 is 15.1 Å². The van der Waals surface area contributed by atoms with Crippen molar-refractivity contribution >= 4 is 29.1 Å². The predicted octanol–water partition coefficient (Wildman–Crippen LogP) is 2.03. The zero-order valence-electron chi connectivity index (χ0n) is 19.9. The van der Waals surface area contributed by atoms with Gasteiger partial charge >= 0.3 is 0 Å². The van der Waals surface area contributed by atoms with Gasteiger partial charge in [0.15, 0.2) is 0 Å². The Morgan fingerprint density at radius 3 is 2.70 bits per heavy atom. The van der Waals surface area contributed by atoms with Crippen molar-refractivity contribution in [1.29, 1.82) is 0 Å². The molecule has 33 heavy (non-hydrogen) atoms. The summed E-state index contributed by atoms with van der Waals surface area (Å²) < 4.78 is 1.79. The fourth-order valence-electron chi connectivity index (χ4n) is 3.89. The third kappa shape index (κ3) is 6.16. The molecule has 3 amide bonds. The van der Waals surface area contributed by atoms with Crippen LogP contribution >= 0.6 is 11.3 Å². The first-order valence-electron chi connectivity index (χ1n) is 11.3. The number of aryl methyl sites for hydroxylation is 1. The summed E-state index contributed by atoms with van der Waals surface area (Å²) in [4.78, 5) is 50.7. The molecule has 0 saturated carbocycles. The summed E-state index contributed by atoms with van der Waals surface area (Å²) in [5, 5.41) is 9.36. The van der Waals surface area contributed by atoms with Gasteiger partial charge in [-0.05, 0) is 32.6 Å². The number of carbonyl (C=O) groups is 3. The molecule has 0 fully saturated rings. The number of rotatable bonds is 3. The summed E-state index contributed by atoms with van der Waals surface area (Å²) in [6.07, 6.45) is 1.42. The van der Waals surface area contributed by atoms with E-state index in [0.717, 1.165) is 0 Å². The summed E-state index contributed by atoms with van der Waals surface area (Å²) in [6, 6.07) is -0.976. The standard InChI is InChI=1S/C22H33N7O3S/c1-14(2)11-17-20-24-16(4)26-29(20)10-9-28(22(32)18-12-33-13-23-18)8-6-7-19(30)27(5)15(3)21(31)25-17/h12-15,17H,6-11H2,1-5H3,(H,25,31)/t15-,17+/m0/s1. The Morgan fingerprint density at radius 1 is 1.27 bits per heavy atom. The Labute approximate surface area is 198 Å². The number of aromatic nitrogens is 4. The van der Waals surface area contributed by atoms with Gasteiger partial charge in [0, 0.05) is 31.9 Å². The Balaban J connectivity index is 1.95. The van der Waals surface area contributed by atoms with E-state index in [2.05, 4.69) is 34.2 Å². The summed E-state index contributed by atoms with van der Waals surface area (Å²) in [6.45, 7) is 8.94. The average molecular weight is 476 g/mol. The van der Waals surface area contributed by atoms with E-state index < -0.39 is 6.04 Å². The minimum atomic E-state index is -0.625. The second-order valence-corrected chi connectivity index (χ2v) is 9.60. The number of likely N-dealkylation sites (N-methyl/N-ethyl adjacent to an activating group) is 1. The molecule has 0 saturated heterocycles. The van der Waals surface area contributed by atoms with Crippen LogP contribution in [-0.2, 0) is 16.1 Å². The molecule has 0 spiro atoms. The molecule has 0 aromatic carbocycles. The highest BCUT2D eigenvalue weighted by atomic mass is 32.1. The van der Waals surface area contributed by atoms with Crippen LogP contribution in [0.5, 0.6) is 0 Å². The first-order valence-corrected chi connectivity index (χ1v) is 12.3. The van der Waals surface area contributed by atoms with E-state index >= 15 is 0 Å². The third-order valence-corrected chi connectivity index (χ3v) is 6.42. The highest BCUT2D eigenvalue weighted by molar-refractivity contribution is 7.07. The first kappa shape index (κ1) is 24.8. The maximum absolute atomic E-state index is 13.0. The number of carbonyl (C=O) groups excluding carboxylic acids is 3. The van der Waals surface area contributed by atoms with Crippen molar-refractivity contribution in [3.63, 3.8) is 0 Å². The van der Waals surface area contributed by atoms with Crippen molar-refractivity contribution in [2.75, 3.05) is 20.1 Å². The largest absolute Gasteiger partial charge is 0.344 e. The van der Waals surface area contributed by atoms with Crippen LogP contribution in [0.1, 0.15) is 68.2 Å². The topological polar surface area (TPSA) is 113 Å². The maximum atomic E-state index is 13.0. The van der Waals surface area contributed by atoms with Crippen molar-refractivity contribution in [1.82, 2.24) is 34.9 Å². The smallest absolute Gasteiger partial charge is 0.273 e. The Morgan fingerprint density at radius 2 is 2.03 bits per heavy atom. The second kappa shape index (κ2) is 10.9. The molecule has 3 rings (SSSR count). The van der Waals surface area contributed by atoms with Gasteiger partial charge in [0.2, 0.25) is 11.8 Å². The SMILES string of the molecule is Cc1nc2n(n1)CCN(C(=O)c1cscn1)CCCC(=O)N(C)[C@@H](C)C(=O)N[C@@H]2CC(C)C. The molecule has 0 unspecified atom stereocenters. The van der Waals surface area contributed by atoms with Gasteiger partial charge in [-0.2, -0.15) is 5.10 Å². The molecule has 2 atom stereocenters. The molecule has 10 nitrogen and oxygen atoms in total. The Bertz CT molecular complexity index is 973. The average Bonchev–Trinajstić information content (AvgIpc) is 3.42. The third-order valence-electron chi connectivity index (χ3n) is 5.83. The van der Waals surface area contributed by atoms with Gasteiger partial charge in [0.05, 0.1) is 18.1 Å². The van der Waals surface area contributed by atoms with Gasteiger partial charge in [-0.1, -0.05) is 13.8 Å². The molecule has 1 N–H and O–H groups in total. The maximum Gasteiger partial charge on any atom is 0.273 e. The van der Waals surface area contributed by atoms with Crippen molar-refractivity contribution in [3.8, 4) is 0 Å².